The molecule has 1 aromatic carbocycles. The summed E-state index contributed by atoms with van der Waals surface area (Å²) in [4.78, 5) is 11.8. The number of nitrogens with one attached hydrogen (secondary N) is 1. The molecule has 0 saturated carbocycles. The van der Waals surface area contributed by atoms with E-state index in [2.05, 4.69) is 15.5 Å². The van der Waals surface area contributed by atoms with Gasteiger partial charge in [0.1, 0.15) is 10.8 Å². The standard InChI is InChI=1S/C17H21N3O2S/c1-17(2,3)18-15(21)11-23-16-10-9-14(19-20-16)12-5-7-13(22-4)8-6-12/h5-10H,11H2,1-4H3,(H,18,21). The maximum atomic E-state index is 11.8. The quantitative estimate of drug-likeness (QED) is 0.853. The zero-order valence-electron chi connectivity index (χ0n) is 13.8. The van der Waals surface area contributed by atoms with E-state index in [4.69, 9.17) is 4.74 Å². The van der Waals surface area contributed by atoms with Crippen LogP contribution in [0.4, 0.5) is 0 Å². The highest BCUT2D eigenvalue weighted by atomic mass is 32.2. The summed E-state index contributed by atoms with van der Waals surface area (Å²) in [6, 6.07) is 11.4. The normalized spacial score (nSPS) is 11.1. The maximum Gasteiger partial charge on any atom is 0.230 e. The fourth-order valence-electron chi connectivity index (χ4n) is 1.91. The van der Waals surface area contributed by atoms with Crippen LogP contribution in [0.5, 0.6) is 5.75 Å². The average molecular weight is 331 g/mol. The average Bonchev–Trinajstić information content (AvgIpc) is 2.52. The van der Waals surface area contributed by atoms with Crippen molar-refractivity contribution in [3.8, 4) is 17.0 Å². The van der Waals surface area contributed by atoms with Crippen LogP contribution in [0, 0.1) is 0 Å². The lowest BCUT2D eigenvalue weighted by Crippen LogP contribution is -2.41. The highest BCUT2D eigenvalue weighted by Gasteiger charge is 2.14. The van der Waals surface area contributed by atoms with Crippen LogP contribution in [0.2, 0.25) is 0 Å². The molecule has 1 amide bonds. The Kier molecular flexibility index (Phi) is 5.60. The van der Waals surface area contributed by atoms with E-state index in [1.807, 2.05) is 57.2 Å². The number of amides is 1. The van der Waals surface area contributed by atoms with E-state index in [1.165, 1.54) is 11.8 Å². The molecule has 0 aliphatic carbocycles. The van der Waals surface area contributed by atoms with Crippen molar-refractivity contribution in [2.24, 2.45) is 0 Å². The number of aromatic nitrogens is 2. The molecule has 0 aliphatic heterocycles. The van der Waals surface area contributed by atoms with E-state index in [1.54, 1.807) is 7.11 Å². The van der Waals surface area contributed by atoms with Gasteiger partial charge in [-0.25, -0.2) is 0 Å². The molecule has 1 heterocycles. The molecule has 1 aromatic heterocycles. The molecular formula is C17H21N3O2S. The fourth-order valence-corrected chi connectivity index (χ4v) is 2.52. The predicted octanol–water partition coefficient (Wildman–Crippen LogP) is 3.16. The minimum atomic E-state index is -0.221. The molecule has 0 fully saturated rings. The van der Waals surface area contributed by atoms with E-state index in [-0.39, 0.29) is 11.4 Å². The van der Waals surface area contributed by atoms with Crippen molar-refractivity contribution in [3.05, 3.63) is 36.4 Å². The van der Waals surface area contributed by atoms with Crippen molar-refractivity contribution in [1.82, 2.24) is 15.5 Å². The van der Waals surface area contributed by atoms with Gasteiger partial charge in [-0.05, 0) is 57.2 Å². The molecule has 0 spiro atoms. The topological polar surface area (TPSA) is 64.1 Å². The first-order chi connectivity index (χ1) is 10.9. The molecule has 0 atom stereocenters. The van der Waals surface area contributed by atoms with Gasteiger partial charge in [0.25, 0.3) is 0 Å². The van der Waals surface area contributed by atoms with Crippen LogP contribution in [0.3, 0.4) is 0 Å². The Morgan fingerprint density at radius 1 is 1.13 bits per heavy atom. The van der Waals surface area contributed by atoms with Gasteiger partial charge >= 0.3 is 0 Å². The number of rotatable bonds is 5. The Labute approximate surface area is 140 Å². The van der Waals surface area contributed by atoms with E-state index in [0.29, 0.717) is 5.75 Å². The molecule has 0 radical (unpaired) electrons. The third-order valence-corrected chi connectivity index (χ3v) is 3.81. The first-order valence-corrected chi connectivity index (χ1v) is 8.28. The fraction of sp³-hybridized carbons (Fsp3) is 0.353. The van der Waals surface area contributed by atoms with Crippen molar-refractivity contribution in [2.75, 3.05) is 12.9 Å². The number of thioether (sulfide) groups is 1. The number of benzene rings is 1. The van der Waals surface area contributed by atoms with Crippen molar-refractivity contribution < 1.29 is 9.53 Å². The molecular weight excluding hydrogens is 310 g/mol. The van der Waals surface area contributed by atoms with Crippen molar-refractivity contribution in [1.29, 1.82) is 0 Å². The minimum absolute atomic E-state index is 0.0106. The highest BCUT2D eigenvalue weighted by Crippen LogP contribution is 2.22. The molecule has 2 aromatic rings. The van der Waals surface area contributed by atoms with Gasteiger partial charge in [0, 0.05) is 11.1 Å². The van der Waals surface area contributed by atoms with Crippen LogP contribution in [0.15, 0.2) is 41.4 Å². The lowest BCUT2D eigenvalue weighted by atomic mass is 10.1. The molecule has 0 unspecified atom stereocenters. The molecule has 1 N–H and O–H groups in total. The molecule has 0 bridgehead atoms. The Balaban J connectivity index is 1.95. The summed E-state index contributed by atoms with van der Waals surface area (Å²) in [5.74, 6) is 1.12. The van der Waals surface area contributed by atoms with Crippen LogP contribution >= 0.6 is 11.8 Å². The van der Waals surface area contributed by atoms with Gasteiger partial charge in [-0.2, -0.15) is 0 Å². The maximum absolute atomic E-state index is 11.8. The van der Waals surface area contributed by atoms with Gasteiger partial charge in [0.05, 0.1) is 18.6 Å². The third kappa shape index (κ3) is 5.56. The predicted molar refractivity (Wildman–Crippen MR) is 92.6 cm³/mol. The minimum Gasteiger partial charge on any atom is -0.497 e. The van der Waals surface area contributed by atoms with Crippen LogP contribution in [-0.4, -0.2) is 34.5 Å². The number of ether oxygens (including phenoxy) is 1. The molecule has 0 aliphatic rings. The van der Waals surface area contributed by atoms with Crippen molar-refractivity contribution in [2.45, 2.75) is 31.3 Å². The smallest absolute Gasteiger partial charge is 0.230 e. The van der Waals surface area contributed by atoms with E-state index < -0.39 is 0 Å². The lowest BCUT2D eigenvalue weighted by molar-refractivity contribution is -0.119. The Morgan fingerprint density at radius 3 is 2.35 bits per heavy atom. The summed E-state index contributed by atoms with van der Waals surface area (Å²) in [7, 11) is 1.64. The van der Waals surface area contributed by atoms with E-state index >= 15 is 0 Å². The first-order valence-electron chi connectivity index (χ1n) is 7.29. The van der Waals surface area contributed by atoms with Gasteiger partial charge in [0.2, 0.25) is 5.91 Å². The molecule has 5 nitrogen and oxygen atoms in total. The van der Waals surface area contributed by atoms with E-state index in [9.17, 15) is 4.79 Å². The Bertz CT molecular complexity index is 649. The zero-order valence-corrected chi connectivity index (χ0v) is 14.6. The monoisotopic (exact) mass is 331 g/mol. The second kappa shape index (κ2) is 7.46. The van der Waals surface area contributed by atoms with Crippen LogP contribution in [0.25, 0.3) is 11.3 Å². The van der Waals surface area contributed by atoms with Gasteiger partial charge in [-0.3, -0.25) is 4.79 Å². The highest BCUT2D eigenvalue weighted by molar-refractivity contribution is 7.99. The second-order valence-corrected chi connectivity index (χ2v) is 7.07. The number of carbonyl (C=O) groups is 1. The Morgan fingerprint density at radius 2 is 1.83 bits per heavy atom. The summed E-state index contributed by atoms with van der Waals surface area (Å²) in [5, 5.41) is 12.0. The molecule has 2 rings (SSSR count). The van der Waals surface area contributed by atoms with Gasteiger partial charge in [-0.15, -0.1) is 10.2 Å². The summed E-state index contributed by atoms with van der Waals surface area (Å²) in [6.07, 6.45) is 0. The van der Waals surface area contributed by atoms with Gasteiger partial charge in [0.15, 0.2) is 0 Å². The van der Waals surface area contributed by atoms with Gasteiger partial charge < -0.3 is 10.1 Å². The summed E-state index contributed by atoms with van der Waals surface area (Å²) >= 11 is 1.37. The molecule has 122 valence electrons. The molecule has 23 heavy (non-hydrogen) atoms. The lowest BCUT2D eigenvalue weighted by Gasteiger charge is -2.20. The molecule has 0 saturated heterocycles. The number of methoxy groups -OCH3 is 1. The SMILES string of the molecule is COc1ccc(-c2ccc(SCC(=O)NC(C)(C)C)nn2)cc1. The summed E-state index contributed by atoms with van der Waals surface area (Å²) < 4.78 is 5.14. The number of hydrogen-bond donors (Lipinski definition) is 1. The summed E-state index contributed by atoms with van der Waals surface area (Å²) in [5.41, 5.74) is 1.54. The van der Waals surface area contributed by atoms with Crippen molar-refractivity contribution in [3.63, 3.8) is 0 Å². The Hall–Kier alpha value is -2.08. The zero-order chi connectivity index (χ0) is 16.9. The second-order valence-electron chi connectivity index (χ2n) is 6.07. The number of hydrogen-bond acceptors (Lipinski definition) is 5. The summed E-state index contributed by atoms with van der Waals surface area (Å²) in [6.45, 7) is 5.87. The third-order valence-electron chi connectivity index (χ3n) is 2.89. The number of nitrogens with zero attached hydrogens (tertiary/aromatic N) is 2. The van der Waals surface area contributed by atoms with Crippen LogP contribution in [-0.2, 0) is 4.79 Å². The largest absolute Gasteiger partial charge is 0.497 e. The first kappa shape index (κ1) is 17.3. The van der Waals surface area contributed by atoms with Gasteiger partial charge in [-0.1, -0.05) is 11.8 Å². The van der Waals surface area contributed by atoms with Crippen LogP contribution < -0.4 is 10.1 Å². The number of carbonyl (C=O) groups excluding carboxylic acids is 1. The molecule has 6 heteroatoms. The van der Waals surface area contributed by atoms with Crippen molar-refractivity contribution >= 4 is 17.7 Å². The van der Waals surface area contributed by atoms with E-state index in [0.717, 1.165) is 22.0 Å². The van der Waals surface area contributed by atoms with Crippen LogP contribution in [0.1, 0.15) is 20.8 Å².